The maximum Gasteiger partial charge on any atom is 0.258 e. The van der Waals surface area contributed by atoms with E-state index >= 15 is 0 Å². The summed E-state index contributed by atoms with van der Waals surface area (Å²) in [5, 5.41) is 6.72. The second-order valence-corrected chi connectivity index (χ2v) is 6.84. The smallest absolute Gasteiger partial charge is 0.258 e. The van der Waals surface area contributed by atoms with Crippen LogP contribution >= 0.6 is 11.6 Å². The molecule has 1 amide bonds. The topological polar surface area (TPSA) is 66.9 Å². The number of halogens is 1. The van der Waals surface area contributed by atoms with Crippen LogP contribution in [0.1, 0.15) is 41.3 Å². The minimum absolute atomic E-state index is 0.235. The first-order valence-corrected chi connectivity index (χ1v) is 9.12. The van der Waals surface area contributed by atoms with Crippen LogP contribution in [0, 0.1) is 0 Å². The lowest BCUT2D eigenvalue weighted by molar-refractivity contribution is 0.102. The summed E-state index contributed by atoms with van der Waals surface area (Å²) in [6.45, 7) is 4.69. The SMILES string of the molecule is CC(C)c1ccccc1NC(=O)c1cnc(NCc2ccccc2Cl)nc1. The zero-order valence-electron chi connectivity index (χ0n) is 15.2. The van der Waals surface area contributed by atoms with Gasteiger partial charge in [0.25, 0.3) is 5.91 Å². The Morgan fingerprint density at radius 1 is 1.04 bits per heavy atom. The van der Waals surface area contributed by atoms with Crippen LogP contribution in [0.2, 0.25) is 5.02 Å². The van der Waals surface area contributed by atoms with Gasteiger partial charge in [0.1, 0.15) is 0 Å². The Hall–Kier alpha value is -2.92. The molecule has 3 aromatic rings. The Kier molecular flexibility index (Phi) is 6.04. The van der Waals surface area contributed by atoms with Gasteiger partial charge in [-0.3, -0.25) is 4.79 Å². The number of nitrogens with zero attached hydrogens (tertiary/aromatic N) is 2. The van der Waals surface area contributed by atoms with Crippen molar-refractivity contribution in [2.75, 3.05) is 10.6 Å². The zero-order chi connectivity index (χ0) is 19.2. The van der Waals surface area contributed by atoms with Crippen LogP contribution in [0.5, 0.6) is 0 Å². The number of hydrogen-bond acceptors (Lipinski definition) is 4. The van der Waals surface area contributed by atoms with Crippen molar-refractivity contribution >= 4 is 29.1 Å². The molecule has 0 aliphatic rings. The molecule has 1 aromatic heterocycles. The summed E-state index contributed by atoms with van der Waals surface area (Å²) in [7, 11) is 0. The van der Waals surface area contributed by atoms with Crippen molar-refractivity contribution in [3.05, 3.63) is 82.6 Å². The minimum Gasteiger partial charge on any atom is -0.350 e. The number of carbonyl (C=O) groups excluding carboxylic acids is 1. The summed E-state index contributed by atoms with van der Waals surface area (Å²) in [5.41, 5.74) is 3.25. The number of benzene rings is 2. The van der Waals surface area contributed by atoms with E-state index in [0.29, 0.717) is 29.0 Å². The van der Waals surface area contributed by atoms with Gasteiger partial charge in [-0.1, -0.05) is 61.8 Å². The van der Waals surface area contributed by atoms with Crippen molar-refractivity contribution in [3.8, 4) is 0 Å². The zero-order valence-corrected chi connectivity index (χ0v) is 16.0. The molecule has 0 spiro atoms. The van der Waals surface area contributed by atoms with E-state index in [-0.39, 0.29) is 5.91 Å². The fraction of sp³-hybridized carbons (Fsp3) is 0.190. The standard InChI is InChI=1S/C21H21ClN4O/c1-14(2)17-8-4-6-10-19(17)26-20(27)16-12-24-21(25-13-16)23-11-15-7-3-5-9-18(15)22/h3-10,12-14H,11H2,1-2H3,(H,26,27)(H,23,24,25). The number of aromatic nitrogens is 2. The molecule has 0 saturated carbocycles. The molecule has 0 saturated heterocycles. The van der Waals surface area contributed by atoms with Gasteiger partial charge in [0, 0.05) is 29.6 Å². The van der Waals surface area contributed by atoms with Crippen LogP contribution in [0.4, 0.5) is 11.6 Å². The molecule has 0 aliphatic carbocycles. The molecule has 0 atom stereocenters. The van der Waals surface area contributed by atoms with Gasteiger partial charge in [0.2, 0.25) is 5.95 Å². The number of amides is 1. The van der Waals surface area contributed by atoms with Crippen molar-refractivity contribution in [2.45, 2.75) is 26.3 Å². The van der Waals surface area contributed by atoms with Crippen molar-refractivity contribution in [1.82, 2.24) is 9.97 Å². The number of anilines is 2. The predicted molar refractivity (Wildman–Crippen MR) is 109 cm³/mol. The van der Waals surface area contributed by atoms with Gasteiger partial charge in [-0.25, -0.2) is 9.97 Å². The van der Waals surface area contributed by atoms with Gasteiger partial charge in [-0.2, -0.15) is 0 Å². The fourth-order valence-corrected chi connectivity index (χ4v) is 2.86. The highest BCUT2D eigenvalue weighted by Gasteiger charge is 2.12. The van der Waals surface area contributed by atoms with Gasteiger partial charge < -0.3 is 10.6 Å². The van der Waals surface area contributed by atoms with Gasteiger partial charge in [0.05, 0.1) is 5.56 Å². The van der Waals surface area contributed by atoms with Crippen LogP contribution in [0.15, 0.2) is 60.9 Å². The summed E-state index contributed by atoms with van der Waals surface area (Å²) in [6, 6.07) is 15.4. The number of para-hydroxylation sites is 1. The maximum absolute atomic E-state index is 12.5. The summed E-state index contributed by atoms with van der Waals surface area (Å²) >= 11 is 6.14. The van der Waals surface area contributed by atoms with Crippen molar-refractivity contribution in [1.29, 1.82) is 0 Å². The van der Waals surface area contributed by atoms with E-state index in [4.69, 9.17) is 11.6 Å². The van der Waals surface area contributed by atoms with Crippen LogP contribution in [-0.4, -0.2) is 15.9 Å². The average molecular weight is 381 g/mol. The van der Waals surface area contributed by atoms with E-state index in [1.165, 1.54) is 12.4 Å². The normalized spacial score (nSPS) is 10.7. The molecule has 2 aromatic carbocycles. The first-order valence-electron chi connectivity index (χ1n) is 8.74. The number of nitrogens with one attached hydrogen (secondary N) is 2. The van der Waals surface area contributed by atoms with Crippen LogP contribution in [-0.2, 0) is 6.54 Å². The lowest BCUT2D eigenvalue weighted by Crippen LogP contribution is -2.15. The monoisotopic (exact) mass is 380 g/mol. The second kappa shape index (κ2) is 8.64. The molecule has 138 valence electrons. The van der Waals surface area contributed by atoms with E-state index in [9.17, 15) is 4.79 Å². The Bertz CT molecular complexity index is 925. The predicted octanol–water partition coefficient (Wildman–Crippen LogP) is 5.12. The number of rotatable bonds is 6. The van der Waals surface area contributed by atoms with E-state index in [0.717, 1.165) is 16.8 Å². The molecular formula is C21H21ClN4O. The highest BCUT2D eigenvalue weighted by molar-refractivity contribution is 6.31. The minimum atomic E-state index is -0.235. The fourth-order valence-electron chi connectivity index (χ4n) is 2.66. The molecule has 2 N–H and O–H groups in total. The van der Waals surface area contributed by atoms with Crippen LogP contribution in [0.25, 0.3) is 0 Å². The number of hydrogen-bond donors (Lipinski definition) is 2. The third-order valence-corrected chi connectivity index (χ3v) is 4.51. The lowest BCUT2D eigenvalue weighted by atomic mass is 10.0. The van der Waals surface area contributed by atoms with E-state index < -0.39 is 0 Å². The van der Waals surface area contributed by atoms with E-state index in [1.807, 2.05) is 48.5 Å². The Balaban J connectivity index is 1.65. The average Bonchev–Trinajstić information content (AvgIpc) is 2.68. The Morgan fingerprint density at radius 3 is 2.41 bits per heavy atom. The lowest BCUT2D eigenvalue weighted by Gasteiger charge is -2.13. The Morgan fingerprint density at radius 2 is 1.70 bits per heavy atom. The summed E-state index contributed by atoms with van der Waals surface area (Å²) < 4.78 is 0. The summed E-state index contributed by atoms with van der Waals surface area (Å²) in [4.78, 5) is 20.9. The van der Waals surface area contributed by atoms with E-state index in [2.05, 4.69) is 34.4 Å². The van der Waals surface area contributed by atoms with Gasteiger partial charge in [-0.05, 0) is 29.2 Å². The molecule has 0 fully saturated rings. The van der Waals surface area contributed by atoms with Crippen molar-refractivity contribution < 1.29 is 4.79 Å². The largest absolute Gasteiger partial charge is 0.350 e. The number of carbonyl (C=O) groups is 1. The molecule has 0 radical (unpaired) electrons. The molecule has 3 rings (SSSR count). The molecule has 27 heavy (non-hydrogen) atoms. The van der Waals surface area contributed by atoms with Gasteiger partial charge >= 0.3 is 0 Å². The molecule has 6 heteroatoms. The highest BCUT2D eigenvalue weighted by Crippen LogP contribution is 2.24. The molecular weight excluding hydrogens is 360 g/mol. The summed E-state index contributed by atoms with van der Waals surface area (Å²) in [6.07, 6.45) is 3.02. The van der Waals surface area contributed by atoms with Crippen LogP contribution in [0.3, 0.4) is 0 Å². The van der Waals surface area contributed by atoms with E-state index in [1.54, 1.807) is 0 Å². The van der Waals surface area contributed by atoms with Crippen LogP contribution < -0.4 is 10.6 Å². The van der Waals surface area contributed by atoms with Crippen molar-refractivity contribution in [2.24, 2.45) is 0 Å². The van der Waals surface area contributed by atoms with Gasteiger partial charge in [0.15, 0.2) is 0 Å². The third-order valence-electron chi connectivity index (χ3n) is 4.14. The molecule has 1 heterocycles. The first kappa shape index (κ1) is 18.9. The molecule has 0 aliphatic heterocycles. The molecule has 5 nitrogen and oxygen atoms in total. The van der Waals surface area contributed by atoms with Gasteiger partial charge in [-0.15, -0.1) is 0 Å². The highest BCUT2D eigenvalue weighted by atomic mass is 35.5. The second-order valence-electron chi connectivity index (χ2n) is 6.44. The third kappa shape index (κ3) is 4.83. The van der Waals surface area contributed by atoms with Crippen molar-refractivity contribution in [3.63, 3.8) is 0 Å². The first-order chi connectivity index (χ1) is 13.0. The maximum atomic E-state index is 12.5. The molecule has 0 unspecified atom stereocenters. The molecule has 0 bridgehead atoms. The summed E-state index contributed by atoms with van der Waals surface area (Å²) in [5.74, 6) is 0.518. The quantitative estimate of drug-likeness (QED) is 0.623. The Labute approximate surface area is 163 Å².